The van der Waals surface area contributed by atoms with E-state index in [1.807, 2.05) is 0 Å². The van der Waals surface area contributed by atoms with Crippen molar-refractivity contribution in [2.45, 2.75) is 25.3 Å². The monoisotopic (exact) mass is 276 g/mol. The molecular weight excluding hydrogens is 263 g/mol. The van der Waals surface area contributed by atoms with E-state index >= 15 is 0 Å². The average molecular weight is 277 g/mol. The average Bonchev–Trinajstić information content (AvgIpc) is 2.17. The van der Waals surface area contributed by atoms with Crippen LogP contribution in [0.4, 0.5) is 10.1 Å². The highest BCUT2D eigenvalue weighted by Gasteiger charge is 2.30. The molecule has 100 valence electrons. The molecule has 1 atom stereocenters. The Morgan fingerprint density at radius 3 is 2.56 bits per heavy atom. The molecule has 1 aromatic carbocycles. The molecule has 0 aromatic heterocycles. The van der Waals surface area contributed by atoms with Crippen LogP contribution in [0.25, 0.3) is 0 Å². The Balaban J connectivity index is 0.00000162. The molecule has 0 heterocycles. The van der Waals surface area contributed by atoms with Gasteiger partial charge in [0.05, 0.1) is 11.0 Å². The molecule has 18 heavy (non-hydrogen) atoms. The largest absolute Gasteiger partial charge is 0.502 e. The van der Waals surface area contributed by atoms with E-state index in [0.717, 1.165) is 25.3 Å². The smallest absolute Gasteiger partial charge is 0.313 e. The molecule has 0 radical (unpaired) electrons. The third kappa shape index (κ3) is 2.54. The zero-order valence-electron chi connectivity index (χ0n) is 9.51. The second-order valence-corrected chi connectivity index (χ2v) is 4.34. The van der Waals surface area contributed by atoms with Gasteiger partial charge in [0.2, 0.25) is 0 Å². The maximum Gasteiger partial charge on any atom is 0.313 e. The molecular formula is C11H14ClFN2O3. The summed E-state index contributed by atoms with van der Waals surface area (Å²) in [4.78, 5) is 9.83. The predicted molar refractivity (Wildman–Crippen MR) is 66.2 cm³/mol. The normalized spacial score (nSPS) is 16.6. The van der Waals surface area contributed by atoms with E-state index in [1.54, 1.807) is 0 Å². The summed E-state index contributed by atoms with van der Waals surface area (Å²) >= 11 is 0. The van der Waals surface area contributed by atoms with Crippen LogP contribution in [0.2, 0.25) is 0 Å². The second kappa shape index (κ2) is 5.49. The van der Waals surface area contributed by atoms with Crippen LogP contribution in [0.5, 0.6) is 5.75 Å². The van der Waals surface area contributed by atoms with Gasteiger partial charge in [-0.3, -0.25) is 10.1 Å². The standard InChI is InChI=1S/C11H13FN2O3.ClH/c12-7-4-8(10(13)6-2-1-3-6)11(15)9(5-7)14(16)17;/h4-6,10,15H,1-3,13H2;1H/t10-;/m1./s1. The summed E-state index contributed by atoms with van der Waals surface area (Å²) in [5.74, 6) is -1.10. The number of nitro benzene ring substituents is 1. The first-order chi connectivity index (χ1) is 8.00. The molecule has 0 amide bonds. The summed E-state index contributed by atoms with van der Waals surface area (Å²) in [6.45, 7) is 0. The van der Waals surface area contributed by atoms with Crippen LogP contribution in [-0.4, -0.2) is 10.0 Å². The first-order valence-electron chi connectivity index (χ1n) is 5.43. The lowest BCUT2D eigenvalue weighted by Gasteiger charge is -2.31. The number of rotatable bonds is 3. The number of hydrogen-bond donors (Lipinski definition) is 2. The van der Waals surface area contributed by atoms with Crippen molar-refractivity contribution < 1.29 is 14.4 Å². The van der Waals surface area contributed by atoms with Crippen LogP contribution in [0.1, 0.15) is 30.9 Å². The topological polar surface area (TPSA) is 89.4 Å². The Kier molecular flexibility index (Phi) is 4.48. The van der Waals surface area contributed by atoms with Gasteiger partial charge >= 0.3 is 5.69 Å². The molecule has 5 nitrogen and oxygen atoms in total. The van der Waals surface area contributed by atoms with E-state index in [2.05, 4.69) is 0 Å². The van der Waals surface area contributed by atoms with Gasteiger partial charge in [-0.2, -0.15) is 0 Å². The third-order valence-corrected chi connectivity index (χ3v) is 3.30. The zero-order chi connectivity index (χ0) is 12.6. The van der Waals surface area contributed by atoms with E-state index in [9.17, 15) is 19.6 Å². The van der Waals surface area contributed by atoms with Crippen LogP contribution in [-0.2, 0) is 0 Å². The molecule has 1 saturated carbocycles. The summed E-state index contributed by atoms with van der Waals surface area (Å²) in [5.41, 5.74) is 5.39. The van der Waals surface area contributed by atoms with Gasteiger partial charge in [0.1, 0.15) is 5.82 Å². The van der Waals surface area contributed by atoms with Crippen LogP contribution in [0.15, 0.2) is 12.1 Å². The van der Waals surface area contributed by atoms with Gasteiger partial charge in [-0.05, 0) is 24.8 Å². The van der Waals surface area contributed by atoms with Crippen molar-refractivity contribution in [1.29, 1.82) is 0 Å². The maximum absolute atomic E-state index is 13.2. The number of hydrogen-bond acceptors (Lipinski definition) is 4. The quantitative estimate of drug-likeness (QED) is 0.656. The number of benzene rings is 1. The highest BCUT2D eigenvalue weighted by Crippen LogP contribution is 2.42. The van der Waals surface area contributed by atoms with E-state index < -0.39 is 28.2 Å². The Hall–Kier alpha value is -1.40. The van der Waals surface area contributed by atoms with Crippen molar-refractivity contribution in [2.75, 3.05) is 0 Å². The van der Waals surface area contributed by atoms with Crippen LogP contribution >= 0.6 is 12.4 Å². The van der Waals surface area contributed by atoms with Crippen LogP contribution in [0, 0.1) is 21.8 Å². The molecule has 0 saturated heterocycles. The predicted octanol–water partition coefficient (Wildman–Crippen LogP) is 2.66. The lowest BCUT2D eigenvalue weighted by molar-refractivity contribution is -0.386. The fourth-order valence-corrected chi connectivity index (χ4v) is 2.05. The number of nitrogens with zero attached hydrogens (tertiary/aromatic N) is 1. The van der Waals surface area contributed by atoms with Gasteiger partial charge in [-0.15, -0.1) is 12.4 Å². The number of aromatic hydroxyl groups is 1. The fraction of sp³-hybridized carbons (Fsp3) is 0.455. The summed E-state index contributed by atoms with van der Waals surface area (Å²) in [7, 11) is 0. The van der Waals surface area contributed by atoms with Gasteiger partial charge in [-0.25, -0.2) is 4.39 Å². The summed E-state index contributed by atoms with van der Waals surface area (Å²) in [5, 5.41) is 20.4. The summed E-state index contributed by atoms with van der Waals surface area (Å²) in [6.07, 6.45) is 2.87. The Morgan fingerprint density at radius 2 is 2.11 bits per heavy atom. The number of halogens is 2. The molecule has 3 N–H and O–H groups in total. The van der Waals surface area contributed by atoms with E-state index in [1.165, 1.54) is 0 Å². The van der Waals surface area contributed by atoms with Crippen molar-refractivity contribution >= 4 is 18.1 Å². The Labute approximate surface area is 109 Å². The minimum Gasteiger partial charge on any atom is -0.502 e. The van der Waals surface area contributed by atoms with E-state index in [0.29, 0.717) is 6.07 Å². The molecule has 1 aliphatic carbocycles. The number of nitro groups is 1. The van der Waals surface area contributed by atoms with Crippen LogP contribution in [0.3, 0.4) is 0 Å². The summed E-state index contributed by atoms with van der Waals surface area (Å²) in [6, 6.07) is 1.23. The molecule has 1 fully saturated rings. The molecule has 0 bridgehead atoms. The molecule has 1 aliphatic rings. The minimum atomic E-state index is -0.810. The van der Waals surface area contributed by atoms with Crippen molar-refractivity contribution in [3.63, 3.8) is 0 Å². The van der Waals surface area contributed by atoms with Crippen LogP contribution < -0.4 is 5.73 Å². The van der Waals surface area contributed by atoms with Crippen molar-refractivity contribution in [1.82, 2.24) is 0 Å². The Bertz CT molecular complexity index is 466. The molecule has 0 spiro atoms. The third-order valence-electron chi connectivity index (χ3n) is 3.30. The lowest BCUT2D eigenvalue weighted by Crippen LogP contribution is -2.27. The zero-order valence-corrected chi connectivity index (χ0v) is 10.3. The maximum atomic E-state index is 13.2. The number of phenolic OH excluding ortho intramolecular Hbond substituents is 1. The Morgan fingerprint density at radius 1 is 1.50 bits per heavy atom. The minimum absolute atomic E-state index is 0. The van der Waals surface area contributed by atoms with E-state index in [-0.39, 0.29) is 23.9 Å². The van der Waals surface area contributed by atoms with Gasteiger partial charge in [0, 0.05) is 11.6 Å². The number of nitrogens with two attached hydrogens (primary N) is 1. The van der Waals surface area contributed by atoms with Gasteiger partial charge < -0.3 is 10.8 Å². The molecule has 7 heteroatoms. The van der Waals surface area contributed by atoms with Gasteiger partial charge in [0.15, 0.2) is 5.75 Å². The van der Waals surface area contributed by atoms with Crippen molar-refractivity contribution in [2.24, 2.45) is 11.7 Å². The molecule has 2 rings (SSSR count). The van der Waals surface area contributed by atoms with Crippen molar-refractivity contribution in [3.05, 3.63) is 33.6 Å². The lowest BCUT2D eigenvalue weighted by atomic mass is 9.77. The second-order valence-electron chi connectivity index (χ2n) is 4.34. The first kappa shape index (κ1) is 14.7. The fourth-order valence-electron chi connectivity index (χ4n) is 2.05. The molecule has 0 unspecified atom stereocenters. The highest BCUT2D eigenvalue weighted by molar-refractivity contribution is 5.85. The SMILES string of the molecule is Cl.N[C@@H](c1cc(F)cc([N+](=O)[O-])c1O)C1CCC1. The van der Waals surface area contributed by atoms with E-state index in [4.69, 9.17) is 5.73 Å². The molecule has 1 aromatic rings. The first-order valence-corrected chi connectivity index (χ1v) is 5.43. The highest BCUT2D eigenvalue weighted by atomic mass is 35.5. The molecule has 0 aliphatic heterocycles. The van der Waals surface area contributed by atoms with Gasteiger partial charge in [-0.1, -0.05) is 6.42 Å². The number of phenols is 1. The van der Waals surface area contributed by atoms with Gasteiger partial charge in [0.25, 0.3) is 0 Å². The van der Waals surface area contributed by atoms with Crippen molar-refractivity contribution in [3.8, 4) is 5.75 Å². The summed E-state index contributed by atoms with van der Waals surface area (Å²) < 4.78 is 13.2.